The molecule has 9 nitrogen and oxygen atoms in total. The number of esters is 1. The van der Waals surface area contributed by atoms with Crippen LogP contribution >= 0.6 is 23.1 Å². The van der Waals surface area contributed by atoms with Gasteiger partial charge in [-0.05, 0) is 46.1 Å². The highest BCUT2D eigenvalue weighted by molar-refractivity contribution is 7.99. The number of nitrogens with one attached hydrogen (secondary N) is 1. The molecule has 1 aliphatic carbocycles. The Morgan fingerprint density at radius 1 is 1.24 bits per heavy atom. The van der Waals surface area contributed by atoms with E-state index in [2.05, 4.69) is 20.1 Å². The highest BCUT2D eigenvalue weighted by Gasteiger charge is 2.27. The minimum Gasteiger partial charge on any atom is -0.459 e. The van der Waals surface area contributed by atoms with Crippen molar-refractivity contribution in [2.75, 3.05) is 11.1 Å². The first-order chi connectivity index (χ1) is 15.7. The average molecular weight is 494 g/mol. The van der Waals surface area contributed by atoms with E-state index in [-0.39, 0.29) is 33.2 Å². The molecule has 2 aromatic rings. The molecule has 2 aromatic heterocycles. The van der Waals surface area contributed by atoms with Gasteiger partial charge in [-0.2, -0.15) is 0 Å². The van der Waals surface area contributed by atoms with Crippen LogP contribution < -0.4 is 11.1 Å². The zero-order valence-corrected chi connectivity index (χ0v) is 21.1. The smallest absolute Gasteiger partial charge is 0.341 e. The lowest BCUT2D eigenvalue weighted by molar-refractivity contribution is -0.113. The van der Waals surface area contributed by atoms with E-state index in [1.807, 2.05) is 6.92 Å². The fourth-order valence-corrected chi connectivity index (χ4v) is 5.89. The monoisotopic (exact) mass is 493 g/mol. The predicted octanol–water partition coefficient (Wildman–Crippen LogP) is 4.11. The maximum absolute atomic E-state index is 12.7. The van der Waals surface area contributed by atoms with Crippen molar-refractivity contribution in [3.05, 3.63) is 21.8 Å². The number of nitrogens with zero attached hydrogens (tertiary/aromatic N) is 3. The molecule has 0 saturated heterocycles. The number of carbonyl (C=O) groups is 3. The lowest BCUT2D eigenvalue weighted by Gasteiger charge is -2.21. The molecule has 2 amide bonds. The van der Waals surface area contributed by atoms with Gasteiger partial charge < -0.3 is 20.4 Å². The van der Waals surface area contributed by atoms with E-state index < -0.39 is 11.9 Å². The molecule has 0 unspecified atom stereocenters. The Morgan fingerprint density at radius 2 is 1.94 bits per heavy atom. The molecule has 180 valence electrons. The predicted molar refractivity (Wildman–Crippen MR) is 129 cm³/mol. The Labute approximate surface area is 201 Å². The van der Waals surface area contributed by atoms with Crippen LogP contribution in [-0.4, -0.2) is 44.4 Å². The number of thioether (sulfide) groups is 1. The second kappa shape index (κ2) is 11.1. The van der Waals surface area contributed by atoms with Gasteiger partial charge in [0.1, 0.15) is 10.8 Å². The zero-order valence-electron chi connectivity index (χ0n) is 19.5. The number of amides is 2. The summed E-state index contributed by atoms with van der Waals surface area (Å²) in [4.78, 5) is 37.3. The highest BCUT2D eigenvalue weighted by atomic mass is 32.2. The van der Waals surface area contributed by atoms with Gasteiger partial charge in [-0.15, -0.1) is 21.5 Å². The molecule has 0 bridgehead atoms. The van der Waals surface area contributed by atoms with E-state index in [4.69, 9.17) is 10.5 Å². The number of aromatic nitrogens is 3. The maximum atomic E-state index is 12.7. The SMILES string of the molecule is CCn1c(SCC(=O)Nc2sc(C(N)=O)c(C)c2C(=O)OC(C)C)nnc1C1CCCCC1. The third kappa shape index (κ3) is 5.94. The van der Waals surface area contributed by atoms with Crippen molar-refractivity contribution < 1.29 is 19.1 Å². The fourth-order valence-electron chi connectivity index (χ4n) is 4.02. The van der Waals surface area contributed by atoms with E-state index in [1.165, 1.54) is 31.0 Å². The van der Waals surface area contributed by atoms with E-state index in [1.54, 1.807) is 20.8 Å². The van der Waals surface area contributed by atoms with Crippen LogP contribution in [0.5, 0.6) is 0 Å². The number of carbonyl (C=O) groups excluding carboxylic acids is 3. The van der Waals surface area contributed by atoms with E-state index in [9.17, 15) is 14.4 Å². The quantitative estimate of drug-likeness (QED) is 0.397. The van der Waals surface area contributed by atoms with Gasteiger partial charge in [0.2, 0.25) is 5.91 Å². The van der Waals surface area contributed by atoms with E-state index >= 15 is 0 Å². The summed E-state index contributed by atoms with van der Waals surface area (Å²) in [5.74, 6) is -0.0660. The average Bonchev–Trinajstić information content (AvgIpc) is 3.32. The van der Waals surface area contributed by atoms with Gasteiger partial charge in [-0.3, -0.25) is 9.59 Å². The summed E-state index contributed by atoms with van der Waals surface area (Å²) in [6.07, 6.45) is 5.59. The summed E-state index contributed by atoms with van der Waals surface area (Å²) in [5.41, 5.74) is 6.01. The highest BCUT2D eigenvalue weighted by Crippen LogP contribution is 2.35. The Balaban J connectivity index is 1.72. The van der Waals surface area contributed by atoms with Crippen LogP contribution in [0.2, 0.25) is 0 Å². The third-order valence-electron chi connectivity index (χ3n) is 5.53. The summed E-state index contributed by atoms with van der Waals surface area (Å²) in [6.45, 7) is 7.87. The molecular formula is C22H31N5O4S2. The maximum Gasteiger partial charge on any atom is 0.341 e. The number of thiophene rings is 1. The van der Waals surface area contributed by atoms with Gasteiger partial charge in [-0.1, -0.05) is 31.0 Å². The van der Waals surface area contributed by atoms with Crippen molar-refractivity contribution in [1.82, 2.24) is 14.8 Å². The standard InChI is InChI=1S/C22H31N5O4S2/c1-5-27-19(14-9-7-6-8-10-14)25-26-22(27)32-11-15(28)24-20-16(21(30)31-12(2)3)13(4)17(33-20)18(23)29/h12,14H,5-11H2,1-4H3,(H2,23,29)(H,24,28). The van der Waals surface area contributed by atoms with Crippen molar-refractivity contribution in [2.45, 2.75) is 83.5 Å². The number of ether oxygens (including phenoxy) is 1. The van der Waals surface area contributed by atoms with Gasteiger partial charge in [0, 0.05) is 12.5 Å². The van der Waals surface area contributed by atoms with Gasteiger partial charge in [-0.25, -0.2) is 4.79 Å². The van der Waals surface area contributed by atoms with Crippen molar-refractivity contribution >= 4 is 45.9 Å². The number of primary amides is 1. The largest absolute Gasteiger partial charge is 0.459 e. The number of hydrogen-bond acceptors (Lipinski definition) is 8. The molecule has 0 aromatic carbocycles. The molecule has 0 aliphatic heterocycles. The van der Waals surface area contributed by atoms with Crippen molar-refractivity contribution in [2.24, 2.45) is 5.73 Å². The molecule has 0 radical (unpaired) electrons. The second-order valence-corrected chi connectivity index (χ2v) is 10.3. The number of anilines is 1. The summed E-state index contributed by atoms with van der Waals surface area (Å²) in [5, 5.41) is 12.5. The number of hydrogen-bond donors (Lipinski definition) is 2. The lowest BCUT2D eigenvalue weighted by atomic mass is 9.89. The molecule has 11 heteroatoms. The first kappa shape index (κ1) is 25.2. The molecular weight excluding hydrogens is 462 g/mol. The molecule has 1 fully saturated rings. The Morgan fingerprint density at radius 3 is 2.55 bits per heavy atom. The summed E-state index contributed by atoms with van der Waals surface area (Å²) in [7, 11) is 0. The molecule has 0 atom stereocenters. The van der Waals surface area contributed by atoms with E-state index in [0.29, 0.717) is 16.6 Å². The van der Waals surface area contributed by atoms with Crippen LogP contribution in [0.25, 0.3) is 0 Å². The van der Waals surface area contributed by atoms with Gasteiger partial charge in [0.05, 0.1) is 22.3 Å². The molecule has 3 N–H and O–H groups in total. The van der Waals surface area contributed by atoms with Crippen molar-refractivity contribution in [1.29, 1.82) is 0 Å². The molecule has 0 spiro atoms. The van der Waals surface area contributed by atoms with Crippen LogP contribution in [0, 0.1) is 6.92 Å². The molecule has 1 aliphatic rings. The third-order valence-corrected chi connectivity index (χ3v) is 7.72. The minimum atomic E-state index is -0.655. The number of rotatable bonds is 9. The van der Waals surface area contributed by atoms with Crippen molar-refractivity contribution in [3.63, 3.8) is 0 Å². The first-order valence-corrected chi connectivity index (χ1v) is 13.0. The van der Waals surface area contributed by atoms with Crippen LogP contribution in [0.4, 0.5) is 5.00 Å². The summed E-state index contributed by atoms with van der Waals surface area (Å²) < 4.78 is 7.37. The number of nitrogens with two attached hydrogens (primary N) is 1. The van der Waals surface area contributed by atoms with Crippen LogP contribution in [0.1, 0.15) is 90.2 Å². The van der Waals surface area contributed by atoms with Crippen LogP contribution in [0.3, 0.4) is 0 Å². The van der Waals surface area contributed by atoms with Gasteiger partial charge in [0.25, 0.3) is 5.91 Å². The summed E-state index contributed by atoms with van der Waals surface area (Å²) >= 11 is 2.28. The Bertz CT molecular complexity index is 1020. The van der Waals surface area contributed by atoms with Gasteiger partial charge in [0.15, 0.2) is 5.16 Å². The van der Waals surface area contributed by atoms with Crippen molar-refractivity contribution in [3.8, 4) is 0 Å². The molecule has 1 saturated carbocycles. The Kier molecular flexibility index (Phi) is 8.52. The van der Waals surface area contributed by atoms with Crippen LogP contribution in [-0.2, 0) is 16.1 Å². The molecule has 33 heavy (non-hydrogen) atoms. The van der Waals surface area contributed by atoms with Crippen LogP contribution in [0.15, 0.2) is 5.16 Å². The molecule has 3 rings (SSSR count). The lowest BCUT2D eigenvalue weighted by Crippen LogP contribution is -2.18. The topological polar surface area (TPSA) is 129 Å². The van der Waals surface area contributed by atoms with Gasteiger partial charge >= 0.3 is 5.97 Å². The second-order valence-electron chi connectivity index (χ2n) is 8.34. The molecule has 2 heterocycles. The summed E-state index contributed by atoms with van der Waals surface area (Å²) in [6, 6.07) is 0. The van der Waals surface area contributed by atoms with E-state index in [0.717, 1.165) is 36.5 Å². The minimum absolute atomic E-state index is 0.0876. The zero-order chi connectivity index (χ0) is 24.1. The first-order valence-electron chi connectivity index (χ1n) is 11.2. The normalized spacial score (nSPS) is 14.5. The fraction of sp³-hybridized carbons (Fsp3) is 0.591. The Hall–Kier alpha value is -2.40.